The molecule has 136 valence electrons. The molecule has 0 rings (SSSR count). The predicted octanol–water partition coefficient (Wildman–Crippen LogP) is 1.63. The quantitative estimate of drug-likeness (QED) is 0.452. The zero-order valence-corrected chi connectivity index (χ0v) is 14.3. The van der Waals surface area contributed by atoms with Crippen molar-refractivity contribution in [3.05, 3.63) is 11.1 Å². The molecular weight excluding hydrogens is 320 g/mol. The number of aliphatic carboxylic acids is 2. The summed E-state index contributed by atoms with van der Waals surface area (Å²) in [6, 6.07) is 0. The summed E-state index contributed by atoms with van der Waals surface area (Å²) in [5.74, 6) is -5.88. The molecule has 0 amide bonds. The van der Waals surface area contributed by atoms with Gasteiger partial charge in [-0.2, -0.15) is 0 Å². The van der Waals surface area contributed by atoms with Crippen LogP contribution >= 0.6 is 0 Å². The zero-order chi connectivity index (χ0) is 18.9. The fraction of sp³-hybridized carbons (Fsp3) is 0.625. The van der Waals surface area contributed by atoms with E-state index in [1.807, 2.05) is 0 Å². The minimum absolute atomic E-state index is 0.142. The van der Waals surface area contributed by atoms with E-state index in [4.69, 9.17) is 9.47 Å². The lowest BCUT2D eigenvalue weighted by molar-refractivity contribution is -0.145. The molecule has 0 saturated heterocycles. The maximum Gasteiger partial charge on any atom is 0.332 e. The Morgan fingerprint density at radius 2 is 1.04 bits per heavy atom. The van der Waals surface area contributed by atoms with Gasteiger partial charge in [-0.05, 0) is 25.7 Å². The van der Waals surface area contributed by atoms with Crippen molar-refractivity contribution in [1.82, 2.24) is 0 Å². The molecule has 0 aromatic rings. The molecule has 0 aliphatic carbocycles. The Balaban J connectivity index is 5.65. The van der Waals surface area contributed by atoms with Gasteiger partial charge in [0.1, 0.15) is 0 Å². The van der Waals surface area contributed by atoms with Crippen molar-refractivity contribution in [2.45, 2.75) is 40.5 Å². The molecule has 0 aliphatic rings. The Hall–Kier alpha value is -2.38. The second-order valence-electron chi connectivity index (χ2n) is 5.26. The lowest BCUT2D eigenvalue weighted by atomic mass is 9.86. The molecule has 0 aromatic carbocycles. The van der Waals surface area contributed by atoms with Gasteiger partial charge in [-0.15, -0.1) is 0 Å². The molecule has 2 unspecified atom stereocenters. The van der Waals surface area contributed by atoms with E-state index >= 15 is 0 Å². The smallest absolute Gasteiger partial charge is 0.332 e. The van der Waals surface area contributed by atoms with Gasteiger partial charge < -0.3 is 19.7 Å². The van der Waals surface area contributed by atoms with E-state index in [-0.39, 0.29) is 26.1 Å². The summed E-state index contributed by atoms with van der Waals surface area (Å²) in [4.78, 5) is 46.2. The van der Waals surface area contributed by atoms with Gasteiger partial charge in [-0.25, -0.2) is 9.59 Å². The van der Waals surface area contributed by atoms with Crippen LogP contribution in [0.5, 0.6) is 0 Å². The van der Waals surface area contributed by atoms with E-state index in [0.717, 1.165) is 0 Å². The Morgan fingerprint density at radius 3 is 1.25 bits per heavy atom. The number of esters is 2. The molecular formula is C16H24O8. The second-order valence-corrected chi connectivity index (χ2v) is 5.26. The van der Waals surface area contributed by atoms with Crippen LogP contribution in [0.2, 0.25) is 0 Å². The second kappa shape index (κ2) is 10.4. The van der Waals surface area contributed by atoms with Crippen molar-refractivity contribution in [2.75, 3.05) is 13.2 Å². The van der Waals surface area contributed by atoms with Crippen LogP contribution < -0.4 is 0 Å². The summed E-state index contributed by atoms with van der Waals surface area (Å²) in [6.45, 7) is 6.37. The number of hydrogen-bond donors (Lipinski definition) is 2. The largest absolute Gasteiger partial charge is 0.478 e. The number of rotatable bonds is 10. The molecule has 8 heteroatoms. The van der Waals surface area contributed by atoms with Gasteiger partial charge in [0.15, 0.2) is 0 Å². The summed E-state index contributed by atoms with van der Waals surface area (Å²) < 4.78 is 9.53. The first-order valence-corrected chi connectivity index (χ1v) is 7.67. The first kappa shape index (κ1) is 21.6. The molecule has 0 bridgehead atoms. The Morgan fingerprint density at radius 1 is 0.750 bits per heavy atom. The van der Waals surface area contributed by atoms with Crippen LogP contribution in [-0.2, 0) is 28.7 Å². The number of carboxylic acids is 2. The fourth-order valence-corrected chi connectivity index (χ4v) is 2.33. The SMILES string of the molecule is CCOC(=O)CC(C)/C(C(=O)O)=C(\C(=O)O)C(C)CC(=O)OCC. The highest BCUT2D eigenvalue weighted by Gasteiger charge is 2.31. The van der Waals surface area contributed by atoms with E-state index in [1.165, 1.54) is 13.8 Å². The molecule has 0 fully saturated rings. The highest BCUT2D eigenvalue weighted by molar-refractivity contribution is 6.00. The van der Waals surface area contributed by atoms with Crippen LogP contribution in [-0.4, -0.2) is 47.3 Å². The maximum atomic E-state index is 11.6. The lowest BCUT2D eigenvalue weighted by Gasteiger charge is -2.19. The first-order valence-electron chi connectivity index (χ1n) is 7.67. The van der Waals surface area contributed by atoms with Gasteiger partial charge >= 0.3 is 23.9 Å². The molecule has 0 spiro atoms. The maximum absolute atomic E-state index is 11.6. The summed E-state index contributed by atoms with van der Waals surface area (Å²) in [7, 11) is 0. The van der Waals surface area contributed by atoms with Crippen molar-refractivity contribution in [2.24, 2.45) is 11.8 Å². The third-order valence-electron chi connectivity index (χ3n) is 3.29. The molecule has 0 aliphatic heterocycles. The van der Waals surface area contributed by atoms with Crippen LogP contribution in [0.1, 0.15) is 40.5 Å². The Bertz CT molecular complexity index is 474. The summed E-state index contributed by atoms with van der Waals surface area (Å²) in [6.07, 6.45) is -0.531. The van der Waals surface area contributed by atoms with Gasteiger partial charge in [-0.1, -0.05) is 13.8 Å². The van der Waals surface area contributed by atoms with E-state index in [0.29, 0.717) is 0 Å². The molecule has 24 heavy (non-hydrogen) atoms. The third-order valence-corrected chi connectivity index (χ3v) is 3.29. The van der Waals surface area contributed by atoms with Gasteiger partial charge in [-0.3, -0.25) is 9.59 Å². The van der Waals surface area contributed by atoms with Crippen LogP contribution in [0, 0.1) is 11.8 Å². The number of ether oxygens (including phenoxy) is 2. The zero-order valence-electron chi connectivity index (χ0n) is 14.3. The van der Waals surface area contributed by atoms with Crippen LogP contribution in [0.3, 0.4) is 0 Å². The minimum atomic E-state index is -1.44. The average molecular weight is 344 g/mol. The van der Waals surface area contributed by atoms with Crippen molar-refractivity contribution >= 4 is 23.9 Å². The van der Waals surface area contributed by atoms with Crippen LogP contribution in [0.25, 0.3) is 0 Å². The van der Waals surface area contributed by atoms with E-state index < -0.39 is 46.9 Å². The first-order chi connectivity index (χ1) is 11.1. The number of hydrogen-bond acceptors (Lipinski definition) is 6. The third kappa shape index (κ3) is 6.80. The Kier molecular flexibility index (Phi) is 9.37. The number of carbonyl (C=O) groups is 4. The minimum Gasteiger partial charge on any atom is -0.478 e. The summed E-state index contributed by atoms with van der Waals surface area (Å²) in [5.41, 5.74) is -0.820. The van der Waals surface area contributed by atoms with Crippen LogP contribution in [0.4, 0.5) is 0 Å². The van der Waals surface area contributed by atoms with E-state index in [2.05, 4.69) is 0 Å². The highest BCUT2D eigenvalue weighted by atomic mass is 16.5. The lowest BCUT2D eigenvalue weighted by Crippen LogP contribution is -2.24. The van der Waals surface area contributed by atoms with Crippen molar-refractivity contribution in [1.29, 1.82) is 0 Å². The molecule has 0 heterocycles. The normalized spacial score (nSPS) is 14.2. The van der Waals surface area contributed by atoms with E-state index in [9.17, 15) is 29.4 Å². The highest BCUT2D eigenvalue weighted by Crippen LogP contribution is 2.27. The van der Waals surface area contributed by atoms with Crippen molar-refractivity contribution in [3.63, 3.8) is 0 Å². The van der Waals surface area contributed by atoms with Gasteiger partial charge in [0.2, 0.25) is 0 Å². The molecule has 8 nitrogen and oxygen atoms in total. The number of carboxylic acid groups (broad SMARTS) is 2. The van der Waals surface area contributed by atoms with Crippen LogP contribution in [0.15, 0.2) is 11.1 Å². The van der Waals surface area contributed by atoms with E-state index in [1.54, 1.807) is 13.8 Å². The summed E-state index contributed by atoms with van der Waals surface area (Å²) >= 11 is 0. The average Bonchev–Trinajstić information content (AvgIpc) is 2.43. The summed E-state index contributed by atoms with van der Waals surface area (Å²) in [5, 5.41) is 18.8. The number of carbonyl (C=O) groups excluding carboxylic acids is 2. The molecule has 2 N–H and O–H groups in total. The van der Waals surface area contributed by atoms with Gasteiger partial charge in [0.25, 0.3) is 0 Å². The monoisotopic (exact) mass is 344 g/mol. The van der Waals surface area contributed by atoms with Gasteiger partial charge in [0.05, 0.1) is 37.2 Å². The molecule has 0 radical (unpaired) electrons. The predicted molar refractivity (Wildman–Crippen MR) is 83.1 cm³/mol. The topological polar surface area (TPSA) is 127 Å². The standard InChI is InChI=1S/C16H24O8/c1-5-23-11(17)7-9(3)13(15(19)20)14(16(21)22)10(4)8-12(18)24-6-2/h9-10H,5-8H2,1-4H3,(H,19,20)(H,21,22)/b14-13+. The van der Waals surface area contributed by atoms with Gasteiger partial charge in [0, 0.05) is 0 Å². The molecule has 2 atom stereocenters. The van der Waals surface area contributed by atoms with Crippen molar-refractivity contribution in [3.8, 4) is 0 Å². The van der Waals surface area contributed by atoms with Crippen molar-refractivity contribution < 1.29 is 38.9 Å². The fourth-order valence-electron chi connectivity index (χ4n) is 2.33. The molecule has 0 saturated carbocycles. The Labute approximate surface area is 140 Å². The molecule has 0 aromatic heterocycles.